The molecule has 2 aliphatic carbocycles. The van der Waals surface area contributed by atoms with Crippen LogP contribution in [0.4, 0.5) is 0 Å². The van der Waals surface area contributed by atoms with Gasteiger partial charge in [0.2, 0.25) is 0 Å². The summed E-state index contributed by atoms with van der Waals surface area (Å²) >= 11 is 0. The first-order valence-corrected chi connectivity index (χ1v) is 4.49. The maximum absolute atomic E-state index is 2.40. The molecule has 0 N–H and O–H groups in total. The fraction of sp³-hybridized carbons (Fsp3) is 0.455. The van der Waals surface area contributed by atoms with E-state index in [1.165, 1.54) is 25.7 Å². The average molecular weight is 144 g/mol. The van der Waals surface area contributed by atoms with Gasteiger partial charge in [-0.15, -0.1) is 0 Å². The van der Waals surface area contributed by atoms with E-state index in [0.29, 0.717) is 0 Å². The summed E-state index contributed by atoms with van der Waals surface area (Å²) in [6, 6.07) is 2.40. The van der Waals surface area contributed by atoms with E-state index in [1.54, 1.807) is 27.8 Å². The maximum atomic E-state index is 2.40. The molecule has 0 unspecified atom stereocenters. The van der Waals surface area contributed by atoms with E-state index in [0.717, 1.165) is 0 Å². The Balaban J connectivity index is 2.35. The predicted octanol–water partition coefficient (Wildman–Crippen LogP) is 2.19. The van der Waals surface area contributed by atoms with Crippen LogP contribution in [0.25, 0.3) is 0 Å². The fourth-order valence-electron chi connectivity index (χ4n) is 2.39. The topological polar surface area (TPSA) is 0 Å². The molecule has 11 heavy (non-hydrogen) atoms. The van der Waals surface area contributed by atoms with Crippen molar-refractivity contribution in [2.24, 2.45) is 0 Å². The highest BCUT2D eigenvalue weighted by atomic mass is 14.3. The summed E-state index contributed by atoms with van der Waals surface area (Å²) in [5.41, 5.74) is 8.28. The van der Waals surface area contributed by atoms with Crippen molar-refractivity contribution in [3.63, 3.8) is 0 Å². The van der Waals surface area contributed by atoms with E-state index in [1.807, 2.05) is 0 Å². The van der Waals surface area contributed by atoms with E-state index in [-0.39, 0.29) is 0 Å². The molecule has 0 saturated carbocycles. The molecule has 0 atom stereocenters. The minimum absolute atomic E-state index is 1.34. The first kappa shape index (κ1) is 5.82. The van der Waals surface area contributed by atoms with Crippen LogP contribution in [-0.4, -0.2) is 0 Å². The van der Waals surface area contributed by atoms with Gasteiger partial charge in [0.05, 0.1) is 0 Å². The van der Waals surface area contributed by atoms with Crippen molar-refractivity contribution in [1.82, 2.24) is 0 Å². The Bertz CT molecular complexity index is 314. The lowest BCUT2D eigenvalue weighted by Gasteiger charge is -2.32. The smallest absolute Gasteiger partial charge is 0.0232 e. The Hall–Kier alpha value is -0.780. The van der Waals surface area contributed by atoms with Crippen molar-refractivity contribution in [3.05, 3.63) is 33.9 Å². The SMILES string of the molecule is Cc1cc2c(c3c1CC3)CC2. The number of hydrogen-bond donors (Lipinski definition) is 0. The summed E-state index contributed by atoms with van der Waals surface area (Å²) in [5, 5.41) is 0. The summed E-state index contributed by atoms with van der Waals surface area (Å²) in [7, 11) is 0. The zero-order valence-electron chi connectivity index (χ0n) is 6.91. The van der Waals surface area contributed by atoms with Crippen molar-refractivity contribution in [3.8, 4) is 0 Å². The summed E-state index contributed by atoms with van der Waals surface area (Å²) in [6.07, 6.45) is 5.40. The van der Waals surface area contributed by atoms with Crippen molar-refractivity contribution in [1.29, 1.82) is 0 Å². The Kier molecular flexibility index (Phi) is 0.892. The largest absolute Gasteiger partial charge is 0.0555 e. The highest BCUT2D eigenvalue weighted by Gasteiger charge is 2.25. The number of hydrogen-bond acceptors (Lipinski definition) is 0. The Morgan fingerprint density at radius 3 is 2.18 bits per heavy atom. The molecule has 0 spiro atoms. The van der Waals surface area contributed by atoms with Gasteiger partial charge in [-0.1, -0.05) is 6.07 Å². The number of fused-ring (bicyclic) bond motifs is 3. The van der Waals surface area contributed by atoms with E-state index in [4.69, 9.17) is 0 Å². The minimum atomic E-state index is 1.34. The second kappa shape index (κ2) is 1.69. The van der Waals surface area contributed by atoms with Crippen LogP contribution in [0.15, 0.2) is 6.07 Å². The molecule has 2 aliphatic rings. The number of benzene rings is 1. The fourth-order valence-corrected chi connectivity index (χ4v) is 2.39. The van der Waals surface area contributed by atoms with E-state index >= 15 is 0 Å². The van der Waals surface area contributed by atoms with Gasteiger partial charge in [-0.3, -0.25) is 0 Å². The Morgan fingerprint density at radius 1 is 0.909 bits per heavy atom. The molecule has 0 bridgehead atoms. The molecule has 0 heteroatoms. The van der Waals surface area contributed by atoms with Gasteiger partial charge >= 0.3 is 0 Å². The second-order valence-corrected chi connectivity index (χ2v) is 3.79. The molecular formula is C11H12. The first-order valence-electron chi connectivity index (χ1n) is 4.49. The van der Waals surface area contributed by atoms with Gasteiger partial charge in [0.25, 0.3) is 0 Å². The third-order valence-corrected chi connectivity index (χ3v) is 3.25. The van der Waals surface area contributed by atoms with Gasteiger partial charge in [0.1, 0.15) is 0 Å². The van der Waals surface area contributed by atoms with Crippen molar-refractivity contribution < 1.29 is 0 Å². The van der Waals surface area contributed by atoms with Crippen LogP contribution in [0.5, 0.6) is 0 Å². The maximum Gasteiger partial charge on any atom is -0.0232 e. The quantitative estimate of drug-likeness (QED) is 0.523. The van der Waals surface area contributed by atoms with Gasteiger partial charge in [-0.25, -0.2) is 0 Å². The Morgan fingerprint density at radius 2 is 1.64 bits per heavy atom. The van der Waals surface area contributed by atoms with Gasteiger partial charge in [-0.2, -0.15) is 0 Å². The van der Waals surface area contributed by atoms with Crippen LogP contribution >= 0.6 is 0 Å². The lowest BCUT2D eigenvalue weighted by molar-refractivity contribution is 0.734. The molecular weight excluding hydrogens is 132 g/mol. The standard InChI is InChI=1S/C11H12/c1-7-6-8-2-3-10(8)11-5-4-9(7)11/h6H,2-5H2,1H3. The summed E-state index contributed by atoms with van der Waals surface area (Å²) in [5.74, 6) is 0. The van der Waals surface area contributed by atoms with Gasteiger partial charge in [-0.05, 0) is 60.4 Å². The molecule has 56 valence electrons. The number of rotatable bonds is 0. The van der Waals surface area contributed by atoms with E-state index in [9.17, 15) is 0 Å². The van der Waals surface area contributed by atoms with Crippen LogP contribution in [0, 0.1) is 6.92 Å². The average Bonchev–Trinajstić information content (AvgIpc) is 1.88. The lowest BCUT2D eigenvalue weighted by Crippen LogP contribution is -2.21. The van der Waals surface area contributed by atoms with Crippen molar-refractivity contribution >= 4 is 0 Å². The molecule has 0 nitrogen and oxygen atoms in total. The highest BCUT2D eigenvalue weighted by Crippen LogP contribution is 2.37. The van der Waals surface area contributed by atoms with E-state index in [2.05, 4.69) is 13.0 Å². The third-order valence-electron chi connectivity index (χ3n) is 3.25. The zero-order valence-corrected chi connectivity index (χ0v) is 6.91. The van der Waals surface area contributed by atoms with Crippen LogP contribution < -0.4 is 0 Å². The van der Waals surface area contributed by atoms with Gasteiger partial charge in [0.15, 0.2) is 0 Å². The molecule has 3 rings (SSSR count). The molecule has 0 heterocycles. The monoisotopic (exact) mass is 144 g/mol. The lowest BCUT2D eigenvalue weighted by atomic mass is 9.73. The van der Waals surface area contributed by atoms with Crippen LogP contribution in [0.2, 0.25) is 0 Å². The van der Waals surface area contributed by atoms with E-state index < -0.39 is 0 Å². The molecule has 0 fully saturated rings. The van der Waals surface area contributed by atoms with Crippen LogP contribution in [0.1, 0.15) is 27.8 Å². The zero-order chi connectivity index (χ0) is 7.42. The Labute approximate surface area is 67.2 Å². The summed E-state index contributed by atoms with van der Waals surface area (Å²) in [4.78, 5) is 0. The number of aryl methyl sites for hydroxylation is 2. The molecule has 0 amide bonds. The summed E-state index contributed by atoms with van der Waals surface area (Å²) in [6.45, 7) is 2.26. The second-order valence-electron chi connectivity index (χ2n) is 3.79. The first-order chi connectivity index (χ1) is 5.36. The van der Waals surface area contributed by atoms with Crippen LogP contribution in [-0.2, 0) is 25.7 Å². The van der Waals surface area contributed by atoms with Crippen molar-refractivity contribution in [2.45, 2.75) is 32.6 Å². The molecule has 1 aromatic rings. The normalized spacial score (nSPS) is 17.9. The van der Waals surface area contributed by atoms with Crippen LogP contribution in [0.3, 0.4) is 0 Å². The molecule has 1 aromatic carbocycles. The molecule has 0 radical (unpaired) electrons. The van der Waals surface area contributed by atoms with Gasteiger partial charge < -0.3 is 0 Å². The van der Waals surface area contributed by atoms with Crippen molar-refractivity contribution in [2.75, 3.05) is 0 Å². The molecule has 0 aliphatic heterocycles. The highest BCUT2D eigenvalue weighted by molar-refractivity contribution is 5.54. The minimum Gasteiger partial charge on any atom is -0.0555 e. The molecule has 0 aromatic heterocycles. The molecule has 0 saturated heterocycles. The summed E-state index contributed by atoms with van der Waals surface area (Å²) < 4.78 is 0. The third kappa shape index (κ3) is 0.563. The predicted molar refractivity (Wildman–Crippen MR) is 46.0 cm³/mol. The van der Waals surface area contributed by atoms with Gasteiger partial charge in [0, 0.05) is 0 Å².